The Bertz CT molecular complexity index is 2190. The number of rotatable bonds is 17. The molecule has 5 rings (SSSR count). The highest BCUT2D eigenvalue weighted by Crippen LogP contribution is 2.34. The first-order valence-corrected chi connectivity index (χ1v) is 22.2. The molecule has 2 heterocycles. The number of likely N-dealkylation sites (tertiary alicyclic amines) is 1. The summed E-state index contributed by atoms with van der Waals surface area (Å²) in [5, 5.41) is 14.9. The Morgan fingerprint density at radius 3 is 1.89 bits per heavy atom. The van der Waals surface area contributed by atoms with Gasteiger partial charge in [-0.15, -0.1) is 0 Å². The first-order chi connectivity index (χ1) is 30.6. The lowest BCUT2D eigenvalue weighted by Crippen LogP contribution is -2.58. The van der Waals surface area contributed by atoms with Crippen LogP contribution in [0.5, 0.6) is 0 Å². The Labute approximate surface area is 377 Å². The van der Waals surface area contributed by atoms with Crippen molar-refractivity contribution in [2.75, 3.05) is 27.3 Å². The summed E-state index contributed by atoms with van der Waals surface area (Å²) in [4.78, 5) is 71.2. The van der Waals surface area contributed by atoms with Gasteiger partial charge in [-0.05, 0) is 90.8 Å². The molecule has 0 spiro atoms. The molecule has 0 aliphatic carbocycles. The third kappa shape index (κ3) is 12.4. The average molecular weight is 876 g/mol. The number of carbonyl (C=O) groups is 5. The summed E-state index contributed by atoms with van der Waals surface area (Å²) in [6, 6.07) is 23.0. The van der Waals surface area contributed by atoms with Gasteiger partial charge in [0.15, 0.2) is 0 Å². The van der Waals surface area contributed by atoms with Gasteiger partial charge in [0.05, 0.1) is 26.3 Å². The van der Waals surface area contributed by atoms with Crippen molar-refractivity contribution < 1.29 is 33.4 Å². The second-order valence-electron chi connectivity index (χ2n) is 17.2. The van der Waals surface area contributed by atoms with Crippen LogP contribution in [0.3, 0.4) is 0 Å². The molecule has 14 nitrogen and oxygen atoms in total. The van der Waals surface area contributed by atoms with Crippen LogP contribution >= 0.6 is 0 Å². The molecular weight excluding hydrogens is 811 g/mol. The molecule has 0 radical (unpaired) electrons. The van der Waals surface area contributed by atoms with Gasteiger partial charge in [0.1, 0.15) is 12.1 Å². The van der Waals surface area contributed by atoms with Gasteiger partial charge in [-0.3, -0.25) is 19.4 Å². The van der Waals surface area contributed by atoms with E-state index in [0.717, 1.165) is 58.5 Å². The van der Waals surface area contributed by atoms with Crippen LogP contribution < -0.4 is 26.6 Å². The largest absolute Gasteiger partial charge is 0.453 e. The number of nitrogens with one attached hydrogen (secondary N) is 5. The molecule has 0 aromatic heterocycles. The van der Waals surface area contributed by atoms with Crippen molar-refractivity contribution in [1.29, 1.82) is 0 Å². The Morgan fingerprint density at radius 2 is 1.33 bits per heavy atom. The fraction of sp³-hybridized carbons (Fsp3) is 0.440. The molecule has 1 saturated heterocycles. The predicted molar refractivity (Wildman–Crippen MR) is 251 cm³/mol. The number of methoxy groups -OCH3 is 2. The number of hydrogen-bond acceptors (Lipinski definition) is 9. The number of alkyl carbamates (subject to hydrolysis) is 2. The van der Waals surface area contributed by atoms with Gasteiger partial charge in [0.25, 0.3) is 5.91 Å². The summed E-state index contributed by atoms with van der Waals surface area (Å²) in [5.74, 6) is -0.895. The molecule has 0 bridgehead atoms. The van der Waals surface area contributed by atoms with E-state index in [4.69, 9.17) is 14.5 Å². The molecule has 3 aromatic carbocycles. The van der Waals surface area contributed by atoms with E-state index in [9.17, 15) is 24.0 Å². The van der Waals surface area contributed by atoms with E-state index in [1.165, 1.54) is 14.2 Å². The summed E-state index contributed by atoms with van der Waals surface area (Å²) in [5.41, 5.74) is 7.62. The van der Waals surface area contributed by atoms with E-state index in [0.29, 0.717) is 12.1 Å². The Balaban J connectivity index is 1.26. The third-order valence-corrected chi connectivity index (χ3v) is 12.0. The van der Waals surface area contributed by atoms with Crippen molar-refractivity contribution in [2.45, 2.75) is 97.9 Å². The fourth-order valence-electron chi connectivity index (χ4n) is 8.21. The summed E-state index contributed by atoms with van der Waals surface area (Å²) < 4.78 is 9.55. The zero-order chi connectivity index (χ0) is 46.5. The van der Waals surface area contributed by atoms with Crippen molar-refractivity contribution in [1.82, 2.24) is 31.5 Å². The average Bonchev–Trinajstić information content (AvgIpc) is 3.80. The van der Waals surface area contributed by atoms with Gasteiger partial charge >= 0.3 is 12.2 Å². The summed E-state index contributed by atoms with van der Waals surface area (Å²) in [7, 11) is 2.55. The molecule has 342 valence electrons. The van der Waals surface area contributed by atoms with E-state index >= 15 is 0 Å². The highest BCUT2D eigenvalue weighted by molar-refractivity contribution is 5.98. The molecule has 6 atom stereocenters. The molecule has 3 aromatic rings. The zero-order valence-corrected chi connectivity index (χ0v) is 38.6. The maximum absolute atomic E-state index is 13.7. The standard InChI is InChI=1S/C50H65N7O7/c1-10-40(53-33(7)42(29-52-46(58)38-15-12-11-13-16-38)54-47(59)44(30(2)3)55-49(61)63-8)37-24-20-35(21-25-37)34-18-22-36(23-19-34)39-28-51-41(27-32(39)6)43-17-14-26-57(43)48(60)45(31(4)5)56-50(62)64-9/h10-13,15-16,18-25,28,30-33,42-45,53H,14,17,26-27,29H2,1-9H3,(H,52,58)(H,54,59)(H,55,61)(H,56,62)/b40-10-/t32-,33?,42-,43-,44-,45-/m0/s1. The Kier molecular flexibility index (Phi) is 17.3. The number of nitrogens with zero attached hydrogens (tertiary/aromatic N) is 2. The molecule has 5 N–H and O–H groups in total. The Hall–Kier alpha value is -6.44. The number of carbonyl (C=O) groups excluding carboxylic acids is 5. The maximum Gasteiger partial charge on any atom is 0.407 e. The van der Waals surface area contributed by atoms with Crippen molar-refractivity contribution >= 4 is 46.9 Å². The lowest BCUT2D eigenvalue weighted by molar-refractivity contribution is -0.134. The smallest absolute Gasteiger partial charge is 0.407 e. The van der Waals surface area contributed by atoms with Crippen LogP contribution in [0.1, 0.15) is 89.2 Å². The molecule has 1 fully saturated rings. The lowest BCUT2D eigenvalue weighted by Gasteiger charge is -2.33. The van der Waals surface area contributed by atoms with Crippen molar-refractivity contribution in [3.05, 3.63) is 108 Å². The highest BCUT2D eigenvalue weighted by atomic mass is 16.5. The fourth-order valence-corrected chi connectivity index (χ4v) is 8.21. The van der Waals surface area contributed by atoms with Crippen LogP contribution in [0.2, 0.25) is 0 Å². The molecule has 2 aliphatic heterocycles. The van der Waals surface area contributed by atoms with Gasteiger partial charge in [-0.25, -0.2) is 9.59 Å². The predicted octanol–water partition coefficient (Wildman–Crippen LogP) is 7.18. The minimum atomic E-state index is -0.853. The van der Waals surface area contributed by atoms with E-state index in [-0.39, 0.29) is 48.2 Å². The van der Waals surface area contributed by atoms with Crippen LogP contribution in [0.4, 0.5) is 9.59 Å². The van der Waals surface area contributed by atoms with Crippen LogP contribution in [-0.4, -0.2) is 98.0 Å². The molecule has 1 unspecified atom stereocenters. The molecule has 0 saturated carbocycles. The van der Waals surface area contributed by atoms with E-state index in [1.807, 2.05) is 76.9 Å². The second-order valence-corrected chi connectivity index (χ2v) is 17.2. The summed E-state index contributed by atoms with van der Waals surface area (Å²) in [6.45, 7) is 14.3. The Morgan fingerprint density at radius 1 is 0.750 bits per heavy atom. The van der Waals surface area contributed by atoms with Crippen molar-refractivity contribution in [2.24, 2.45) is 22.7 Å². The minimum absolute atomic E-state index is 0.0956. The number of aliphatic imine (C=N–C) groups is 1. The first kappa shape index (κ1) is 48.6. The van der Waals surface area contributed by atoms with Gasteiger partial charge in [0.2, 0.25) is 11.8 Å². The SMILES string of the molecule is C/C=C(\NC(C)[C@H](CNC(=O)c1ccccc1)NC(=O)[C@@H](NC(=O)OC)C(C)C)c1ccc(-c2ccc(C3=CN=C([C@@H]4CCCN4C(=O)[C@@H](NC(=O)OC)C(C)C)C[C@@H]3C)cc2)cc1. The molecule has 14 heteroatoms. The topological polar surface area (TPSA) is 180 Å². The second kappa shape index (κ2) is 22.8. The first-order valence-electron chi connectivity index (χ1n) is 22.2. The van der Waals surface area contributed by atoms with Crippen LogP contribution in [0.15, 0.2) is 96.1 Å². The summed E-state index contributed by atoms with van der Waals surface area (Å²) >= 11 is 0. The third-order valence-electron chi connectivity index (χ3n) is 12.0. The monoisotopic (exact) mass is 875 g/mol. The van der Waals surface area contributed by atoms with Gasteiger partial charge in [-0.2, -0.15) is 0 Å². The van der Waals surface area contributed by atoms with E-state index < -0.39 is 36.2 Å². The summed E-state index contributed by atoms with van der Waals surface area (Å²) in [6.07, 6.45) is 5.05. The van der Waals surface area contributed by atoms with Crippen molar-refractivity contribution in [3.63, 3.8) is 0 Å². The molecular formula is C50H65N7O7. The number of allylic oxidation sites excluding steroid dienone is 2. The quantitative estimate of drug-likeness (QED) is 0.0947. The van der Waals surface area contributed by atoms with Crippen LogP contribution in [-0.2, 0) is 19.1 Å². The van der Waals surface area contributed by atoms with Crippen molar-refractivity contribution in [3.8, 4) is 11.1 Å². The van der Waals surface area contributed by atoms with Gasteiger partial charge in [-0.1, -0.05) is 107 Å². The molecule has 5 amide bonds. The zero-order valence-electron chi connectivity index (χ0n) is 38.6. The maximum atomic E-state index is 13.7. The molecule has 2 aliphatic rings. The van der Waals surface area contributed by atoms with Crippen LogP contribution in [0.25, 0.3) is 22.4 Å². The van der Waals surface area contributed by atoms with Crippen LogP contribution in [0, 0.1) is 17.8 Å². The number of benzene rings is 3. The normalized spacial score (nSPS) is 18.2. The van der Waals surface area contributed by atoms with E-state index in [1.54, 1.807) is 24.3 Å². The number of ether oxygens (including phenoxy) is 2. The molecule has 64 heavy (non-hydrogen) atoms. The highest BCUT2D eigenvalue weighted by Gasteiger charge is 2.39. The minimum Gasteiger partial charge on any atom is -0.453 e. The number of amides is 5. The van der Waals surface area contributed by atoms with Gasteiger partial charge in [0, 0.05) is 42.3 Å². The lowest BCUT2D eigenvalue weighted by atomic mass is 9.86. The van der Waals surface area contributed by atoms with E-state index in [2.05, 4.69) is 69.9 Å². The number of hydrogen-bond donors (Lipinski definition) is 5. The van der Waals surface area contributed by atoms with Gasteiger partial charge < -0.3 is 41.0 Å².